The van der Waals surface area contributed by atoms with Crippen LogP contribution in [0.15, 0.2) is 0 Å². The Hall–Kier alpha value is -0.620. The molecule has 96 valence electrons. The SMILES string of the molecule is CC(CS(=O)(=O)N(C)CC(N)=O)C(C)(C)C. The Morgan fingerprint density at radius 2 is 1.81 bits per heavy atom. The first kappa shape index (κ1) is 15.4. The molecule has 0 aromatic carbocycles. The quantitative estimate of drug-likeness (QED) is 0.767. The van der Waals surface area contributed by atoms with Gasteiger partial charge in [0.15, 0.2) is 0 Å². The number of sulfonamides is 1. The van der Waals surface area contributed by atoms with Gasteiger partial charge in [0.05, 0.1) is 12.3 Å². The summed E-state index contributed by atoms with van der Waals surface area (Å²) in [5.74, 6) is -0.609. The van der Waals surface area contributed by atoms with Crippen LogP contribution in [0.2, 0.25) is 0 Å². The predicted molar refractivity (Wildman–Crippen MR) is 64.2 cm³/mol. The summed E-state index contributed by atoms with van der Waals surface area (Å²) in [6.07, 6.45) is 0. The van der Waals surface area contributed by atoms with E-state index >= 15 is 0 Å². The topological polar surface area (TPSA) is 80.5 Å². The molecule has 0 aromatic rings. The van der Waals surface area contributed by atoms with Gasteiger partial charge in [-0.1, -0.05) is 27.7 Å². The van der Waals surface area contributed by atoms with Crippen molar-refractivity contribution in [3.63, 3.8) is 0 Å². The molecule has 1 amide bonds. The number of hydrogen-bond donors (Lipinski definition) is 1. The third-order valence-electron chi connectivity index (χ3n) is 2.79. The molecule has 1 atom stereocenters. The van der Waals surface area contributed by atoms with Gasteiger partial charge in [0, 0.05) is 7.05 Å². The van der Waals surface area contributed by atoms with Gasteiger partial charge in [0.25, 0.3) is 0 Å². The van der Waals surface area contributed by atoms with Crippen LogP contribution in [0.4, 0.5) is 0 Å². The van der Waals surface area contributed by atoms with E-state index in [4.69, 9.17) is 5.73 Å². The molecular formula is C10H22N2O3S. The van der Waals surface area contributed by atoms with E-state index in [9.17, 15) is 13.2 Å². The number of rotatable bonds is 5. The Balaban J connectivity index is 4.64. The predicted octanol–water partition coefficient (Wildman–Crippen LogP) is 0.416. The van der Waals surface area contributed by atoms with Crippen molar-refractivity contribution in [2.75, 3.05) is 19.3 Å². The zero-order valence-electron chi connectivity index (χ0n) is 10.6. The molecule has 0 bridgehead atoms. The van der Waals surface area contributed by atoms with Crippen LogP contribution in [0, 0.1) is 11.3 Å². The number of primary amides is 1. The molecule has 16 heavy (non-hydrogen) atoms. The lowest BCUT2D eigenvalue weighted by Gasteiger charge is -2.28. The Morgan fingerprint density at radius 3 is 2.12 bits per heavy atom. The van der Waals surface area contributed by atoms with Crippen molar-refractivity contribution in [3.8, 4) is 0 Å². The minimum absolute atomic E-state index is 0.00725. The monoisotopic (exact) mass is 250 g/mol. The van der Waals surface area contributed by atoms with Gasteiger partial charge in [0.2, 0.25) is 15.9 Å². The third-order valence-corrected chi connectivity index (χ3v) is 4.79. The average molecular weight is 250 g/mol. The summed E-state index contributed by atoms with van der Waals surface area (Å²) in [4.78, 5) is 10.7. The molecular weight excluding hydrogens is 228 g/mol. The number of nitrogens with two attached hydrogens (primary N) is 1. The van der Waals surface area contributed by atoms with Gasteiger partial charge in [-0.25, -0.2) is 8.42 Å². The van der Waals surface area contributed by atoms with Gasteiger partial charge in [-0.05, 0) is 11.3 Å². The van der Waals surface area contributed by atoms with Crippen molar-refractivity contribution in [3.05, 3.63) is 0 Å². The maximum absolute atomic E-state index is 11.8. The van der Waals surface area contributed by atoms with Crippen LogP contribution >= 0.6 is 0 Å². The van der Waals surface area contributed by atoms with E-state index in [0.717, 1.165) is 4.31 Å². The summed E-state index contributed by atoms with van der Waals surface area (Å²) >= 11 is 0. The standard InChI is InChI=1S/C10H22N2O3S/c1-8(10(2,3)4)7-16(14,15)12(5)6-9(11)13/h8H,6-7H2,1-5H3,(H2,11,13). The van der Waals surface area contributed by atoms with Crippen molar-refractivity contribution in [2.24, 2.45) is 17.1 Å². The van der Waals surface area contributed by atoms with E-state index in [-0.39, 0.29) is 23.6 Å². The highest BCUT2D eigenvalue weighted by Crippen LogP contribution is 2.26. The smallest absolute Gasteiger partial charge is 0.232 e. The molecule has 0 heterocycles. The van der Waals surface area contributed by atoms with Crippen LogP contribution in [0.5, 0.6) is 0 Å². The summed E-state index contributed by atoms with van der Waals surface area (Å²) in [5.41, 5.74) is 4.88. The zero-order valence-corrected chi connectivity index (χ0v) is 11.5. The fraction of sp³-hybridized carbons (Fsp3) is 0.900. The summed E-state index contributed by atoms with van der Waals surface area (Å²) in [6, 6.07) is 0. The van der Waals surface area contributed by atoms with E-state index in [2.05, 4.69) is 0 Å². The normalized spacial score (nSPS) is 15.1. The average Bonchev–Trinajstić information content (AvgIpc) is 1.99. The molecule has 0 fully saturated rings. The molecule has 2 N–H and O–H groups in total. The van der Waals surface area contributed by atoms with Crippen LogP contribution in [-0.4, -0.2) is 38.0 Å². The van der Waals surface area contributed by atoms with E-state index in [1.54, 1.807) is 0 Å². The van der Waals surface area contributed by atoms with Gasteiger partial charge in [0.1, 0.15) is 0 Å². The number of carbonyl (C=O) groups excluding carboxylic acids is 1. The lowest BCUT2D eigenvalue weighted by Crippen LogP contribution is -2.39. The Morgan fingerprint density at radius 1 is 1.38 bits per heavy atom. The first-order valence-corrected chi connectivity index (χ1v) is 6.80. The fourth-order valence-corrected chi connectivity index (χ4v) is 2.72. The maximum Gasteiger partial charge on any atom is 0.232 e. The summed E-state index contributed by atoms with van der Waals surface area (Å²) in [7, 11) is -2.03. The molecule has 0 aliphatic carbocycles. The minimum atomic E-state index is -3.41. The second kappa shape index (κ2) is 5.14. The number of likely N-dealkylation sites (N-methyl/N-ethyl adjacent to an activating group) is 1. The highest BCUT2D eigenvalue weighted by atomic mass is 32.2. The molecule has 0 spiro atoms. The van der Waals surface area contributed by atoms with Crippen LogP contribution in [0.3, 0.4) is 0 Å². The van der Waals surface area contributed by atoms with Crippen molar-refractivity contribution in [1.82, 2.24) is 4.31 Å². The number of nitrogens with zero attached hydrogens (tertiary/aromatic N) is 1. The number of amides is 1. The van der Waals surface area contributed by atoms with E-state index in [0.29, 0.717) is 0 Å². The fourth-order valence-electron chi connectivity index (χ4n) is 1.01. The summed E-state index contributed by atoms with van der Waals surface area (Å²) in [6.45, 7) is 7.58. The second-order valence-corrected chi connectivity index (χ2v) is 7.39. The minimum Gasteiger partial charge on any atom is -0.369 e. The highest BCUT2D eigenvalue weighted by molar-refractivity contribution is 7.89. The zero-order chi connectivity index (χ0) is 13.1. The van der Waals surface area contributed by atoms with Crippen LogP contribution in [0.1, 0.15) is 27.7 Å². The van der Waals surface area contributed by atoms with Gasteiger partial charge in [-0.2, -0.15) is 4.31 Å². The highest BCUT2D eigenvalue weighted by Gasteiger charge is 2.28. The molecule has 0 saturated carbocycles. The van der Waals surface area contributed by atoms with Crippen LogP contribution in [-0.2, 0) is 14.8 Å². The molecule has 0 saturated heterocycles. The van der Waals surface area contributed by atoms with Gasteiger partial charge in [-0.15, -0.1) is 0 Å². The molecule has 0 aromatic heterocycles. The Kier molecular flexibility index (Phi) is 4.94. The summed E-state index contributed by atoms with van der Waals surface area (Å²) < 4.78 is 24.7. The van der Waals surface area contributed by atoms with E-state index in [1.807, 2.05) is 27.7 Å². The maximum atomic E-state index is 11.8. The van der Waals surface area contributed by atoms with Crippen molar-refractivity contribution >= 4 is 15.9 Å². The summed E-state index contributed by atoms with van der Waals surface area (Å²) in [5, 5.41) is 0. The molecule has 6 heteroatoms. The van der Waals surface area contributed by atoms with Crippen molar-refractivity contribution in [2.45, 2.75) is 27.7 Å². The molecule has 0 aliphatic rings. The van der Waals surface area contributed by atoms with Crippen molar-refractivity contribution < 1.29 is 13.2 Å². The van der Waals surface area contributed by atoms with Gasteiger partial charge < -0.3 is 5.73 Å². The first-order chi connectivity index (χ1) is 6.97. The molecule has 5 nitrogen and oxygen atoms in total. The van der Waals surface area contributed by atoms with Crippen LogP contribution in [0.25, 0.3) is 0 Å². The van der Waals surface area contributed by atoms with E-state index < -0.39 is 15.9 Å². The van der Waals surface area contributed by atoms with Crippen molar-refractivity contribution in [1.29, 1.82) is 0 Å². The third kappa shape index (κ3) is 4.94. The molecule has 0 radical (unpaired) electrons. The Bertz CT molecular complexity index is 344. The molecule has 0 aliphatic heterocycles. The lowest BCUT2D eigenvalue weighted by atomic mass is 9.83. The number of carbonyl (C=O) groups is 1. The lowest BCUT2D eigenvalue weighted by molar-refractivity contribution is -0.118. The Labute approximate surface area is 98.0 Å². The van der Waals surface area contributed by atoms with Crippen LogP contribution < -0.4 is 5.73 Å². The van der Waals surface area contributed by atoms with Gasteiger partial charge >= 0.3 is 0 Å². The van der Waals surface area contributed by atoms with E-state index in [1.165, 1.54) is 7.05 Å². The molecule has 0 rings (SSSR count). The largest absolute Gasteiger partial charge is 0.369 e. The first-order valence-electron chi connectivity index (χ1n) is 5.19. The number of hydrogen-bond acceptors (Lipinski definition) is 3. The molecule has 1 unspecified atom stereocenters. The van der Waals surface area contributed by atoms with Gasteiger partial charge in [-0.3, -0.25) is 4.79 Å². The second-order valence-electron chi connectivity index (χ2n) is 5.27.